The summed E-state index contributed by atoms with van der Waals surface area (Å²) in [6.45, 7) is 4.80. The lowest BCUT2D eigenvalue weighted by molar-refractivity contribution is 0.428. The van der Waals surface area contributed by atoms with Crippen LogP contribution in [0.4, 0.5) is 5.69 Å². The molecule has 1 aliphatic rings. The summed E-state index contributed by atoms with van der Waals surface area (Å²) in [5, 5.41) is 0. The average Bonchev–Trinajstić information content (AvgIpc) is 2.27. The van der Waals surface area contributed by atoms with Crippen LogP contribution in [0.15, 0.2) is 34.7 Å². The van der Waals surface area contributed by atoms with Crippen LogP contribution in [0.2, 0.25) is 0 Å². The van der Waals surface area contributed by atoms with Crippen LogP contribution in [-0.4, -0.2) is 25.8 Å². The quantitative estimate of drug-likeness (QED) is 0.657. The summed E-state index contributed by atoms with van der Waals surface area (Å²) in [7, 11) is -3.43. The molecule has 1 aromatic rings. The van der Waals surface area contributed by atoms with Gasteiger partial charge in [0.05, 0.1) is 4.90 Å². The molecule has 1 aromatic carbocycles. The van der Waals surface area contributed by atoms with E-state index in [0.29, 0.717) is 18.8 Å². The monoisotopic (exact) mass is 266 g/mol. The fourth-order valence-electron chi connectivity index (χ4n) is 2.16. The third-order valence-corrected chi connectivity index (χ3v) is 4.83. The predicted octanol–water partition coefficient (Wildman–Crippen LogP) is 1.92. The highest BCUT2D eigenvalue weighted by atomic mass is 32.2. The Kier molecular flexibility index (Phi) is 3.45. The molecule has 98 valence electrons. The van der Waals surface area contributed by atoms with Gasteiger partial charge < -0.3 is 5.73 Å². The average molecular weight is 266 g/mol. The molecule has 0 spiro atoms. The summed E-state index contributed by atoms with van der Waals surface area (Å²) in [5.74, 6) is 0. The van der Waals surface area contributed by atoms with E-state index in [4.69, 9.17) is 5.73 Å². The maximum atomic E-state index is 12.5. The highest BCUT2D eigenvalue weighted by molar-refractivity contribution is 7.89. The van der Waals surface area contributed by atoms with Crippen LogP contribution in [0.1, 0.15) is 18.9 Å². The van der Waals surface area contributed by atoms with Gasteiger partial charge in [-0.15, -0.1) is 0 Å². The van der Waals surface area contributed by atoms with E-state index in [1.165, 1.54) is 10.4 Å². The van der Waals surface area contributed by atoms with Crippen molar-refractivity contribution >= 4 is 15.7 Å². The number of nitrogens with two attached hydrogens (primary N) is 1. The molecule has 1 aliphatic heterocycles. The zero-order chi connectivity index (χ0) is 13.3. The largest absolute Gasteiger partial charge is 0.399 e. The summed E-state index contributed by atoms with van der Waals surface area (Å²) in [4.78, 5) is 0.287. The molecule has 0 saturated heterocycles. The summed E-state index contributed by atoms with van der Waals surface area (Å²) in [5.41, 5.74) is 8.15. The van der Waals surface area contributed by atoms with E-state index in [-0.39, 0.29) is 4.90 Å². The molecule has 0 radical (unpaired) electrons. The Bertz CT molecular complexity index is 571. The number of aryl methyl sites for hydroxylation is 1. The minimum absolute atomic E-state index is 0.287. The number of benzene rings is 1. The summed E-state index contributed by atoms with van der Waals surface area (Å²) >= 11 is 0. The molecule has 1 heterocycles. The molecule has 0 saturated carbocycles. The van der Waals surface area contributed by atoms with Gasteiger partial charge in [-0.25, -0.2) is 8.42 Å². The van der Waals surface area contributed by atoms with Crippen molar-refractivity contribution in [3.8, 4) is 0 Å². The van der Waals surface area contributed by atoms with Gasteiger partial charge >= 0.3 is 0 Å². The maximum Gasteiger partial charge on any atom is 0.243 e. The Morgan fingerprint density at radius 1 is 1.22 bits per heavy atom. The van der Waals surface area contributed by atoms with E-state index in [1.807, 2.05) is 13.8 Å². The molecule has 2 N–H and O–H groups in total. The standard InChI is InChI=1S/C13H18N2O2S/c1-10-4-3-5-15(9-10)18(16,17)13-7-11(2)6-12(14)8-13/h4,6-8H,3,5,9,14H2,1-2H3. The van der Waals surface area contributed by atoms with Gasteiger partial charge in [-0.1, -0.05) is 11.6 Å². The SMILES string of the molecule is CC1=CCCN(S(=O)(=O)c2cc(C)cc(N)c2)C1. The highest BCUT2D eigenvalue weighted by Gasteiger charge is 2.26. The Hall–Kier alpha value is -1.33. The first-order chi connectivity index (χ1) is 8.39. The Morgan fingerprint density at radius 2 is 1.94 bits per heavy atom. The zero-order valence-corrected chi connectivity index (χ0v) is 11.5. The normalized spacial score (nSPS) is 17.6. The third-order valence-electron chi connectivity index (χ3n) is 3.01. The van der Waals surface area contributed by atoms with Gasteiger partial charge in [0, 0.05) is 18.8 Å². The van der Waals surface area contributed by atoms with Crippen molar-refractivity contribution in [2.24, 2.45) is 0 Å². The van der Waals surface area contributed by atoms with Crippen molar-refractivity contribution in [1.29, 1.82) is 0 Å². The van der Waals surface area contributed by atoms with E-state index in [9.17, 15) is 8.42 Å². The topological polar surface area (TPSA) is 63.4 Å². The van der Waals surface area contributed by atoms with Crippen molar-refractivity contribution in [1.82, 2.24) is 4.31 Å². The molecule has 5 heteroatoms. The third kappa shape index (κ3) is 2.57. The minimum atomic E-state index is -3.43. The molecule has 0 atom stereocenters. The molecule has 0 unspecified atom stereocenters. The van der Waals surface area contributed by atoms with Crippen LogP contribution >= 0.6 is 0 Å². The summed E-state index contributed by atoms with van der Waals surface area (Å²) < 4.78 is 26.5. The fourth-order valence-corrected chi connectivity index (χ4v) is 3.79. The Labute approximate surface area is 108 Å². The van der Waals surface area contributed by atoms with Crippen LogP contribution in [0.25, 0.3) is 0 Å². The number of rotatable bonds is 2. The van der Waals surface area contributed by atoms with E-state index in [1.54, 1.807) is 12.1 Å². The van der Waals surface area contributed by atoms with Gasteiger partial charge in [0.25, 0.3) is 0 Å². The van der Waals surface area contributed by atoms with Crippen LogP contribution in [0, 0.1) is 6.92 Å². The fraction of sp³-hybridized carbons (Fsp3) is 0.385. The number of hydrogen-bond acceptors (Lipinski definition) is 3. The Balaban J connectivity index is 2.39. The molecule has 0 amide bonds. The van der Waals surface area contributed by atoms with Crippen LogP contribution < -0.4 is 5.73 Å². The summed E-state index contributed by atoms with van der Waals surface area (Å²) in [6.07, 6.45) is 2.85. The van der Waals surface area contributed by atoms with Gasteiger partial charge in [-0.3, -0.25) is 0 Å². The lowest BCUT2D eigenvalue weighted by Crippen LogP contribution is -2.35. The van der Waals surface area contributed by atoms with Crippen LogP contribution in [0.3, 0.4) is 0 Å². The lowest BCUT2D eigenvalue weighted by atomic mass is 10.2. The van der Waals surface area contributed by atoms with Gasteiger partial charge in [0.2, 0.25) is 10.0 Å². The first kappa shape index (κ1) is 13.1. The predicted molar refractivity (Wildman–Crippen MR) is 72.7 cm³/mol. The molecule has 0 aliphatic carbocycles. The van der Waals surface area contributed by atoms with Gasteiger partial charge in [-0.2, -0.15) is 4.31 Å². The van der Waals surface area contributed by atoms with E-state index in [2.05, 4.69) is 6.08 Å². The highest BCUT2D eigenvalue weighted by Crippen LogP contribution is 2.23. The van der Waals surface area contributed by atoms with E-state index >= 15 is 0 Å². The molecular formula is C13H18N2O2S. The van der Waals surface area contributed by atoms with Crippen molar-refractivity contribution in [3.63, 3.8) is 0 Å². The summed E-state index contributed by atoms with van der Waals surface area (Å²) in [6, 6.07) is 4.95. The van der Waals surface area contributed by atoms with Crippen molar-refractivity contribution < 1.29 is 8.42 Å². The molecule has 2 rings (SSSR count). The van der Waals surface area contributed by atoms with E-state index < -0.39 is 10.0 Å². The van der Waals surface area contributed by atoms with Gasteiger partial charge in [0.15, 0.2) is 0 Å². The molecule has 4 nitrogen and oxygen atoms in total. The molecule has 18 heavy (non-hydrogen) atoms. The minimum Gasteiger partial charge on any atom is -0.399 e. The van der Waals surface area contributed by atoms with Crippen LogP contribution in [-0.2, 0) is 10.0 Å². The van der Waals surface area contributed by atoms with Gasteiger partial charge in [-0.05, 0) is 44.0 Å². The van der Waals surface area contributed by atoms with Crippen LogP contribution in [0.5, 0.6) is 0 Å². The molecule has 0 fully saturated rings. The smallest absolute Gasteiger partial charge is 0.243 e. The molecule has 0 bridgehead atoms. The number of hydrogen-bond donors (Lipinski definition) is 1. The second-order valence-electron chi connectivity index (χ2n) is 4.76. The lowest BCUT2D eigenvalue weighted by Gasteiger charge is -2.25. The van der Waals surface area contributed by atoms with Crippen molar-refractivity contribution in [3.05, 3.63) is 35.4 Å². The Morgan fingerprint density at radius 3 is 2.56 bits per heavy atom. The zero-order valence-electron chi connectivity index (χ0n) is 10.7. The second kappa shape index (κ2) is 4.74. The van der Waals surface area contributed by atoms with Gasteiger partial charge in [0.1, 0.15) is 0 Å². The number of nitrogen functional groups attached to an aromatic ring is 1. The van der Waals surface area contributed by atoms with Crippen molar-refractivity contribution in [2.45, 2.75) is 25.2 Å². The number of anilines is 1. The molecular weight excluding hydrogens is 248 g/mol. The first-order valence-electron chi connectivity index (χ1n) is 5.92. The maximum absolute atomic E-state index is 12.5. The number of nitrogens with zero attached hydrogens (tertiary/aromatic N) is 1. The molecule has 0 aromatic heterocycles. The van der Waals surface area contributed by atoms with E-state index in [0.717, 1.165) is 17.6 Å². The number of sulfonamides is 1. The van der Waals surface area contributed by atoms with Crippen molar-refractivity contribution in [2.75, 3.05) is 18.8 Å². The second-order valence-corrected chi connectivity index (χ2v) is 6.70. The first-order valence-corrected chi connectivity index (χ1v) is 7.36.